The lowest BCUT2D eigenvalue weighted by Gasteiger charge is -2.08. The first-order valence-electron chi connectivity index (χ1n) is 8.16. The second kappa shape index (κ2) is 8.46. The van der Waals surface area contributed by atoms with E-state index >= 15 is 0 Å². The number of benzene rings is 2. The van der Waals surface area contributed by atoms with Gasteiger partial charge in [0, 0.05) is 39.7 Å². The number of hydrogen-bond donors (Lipinski definition) is 2. The van der Waals surface area contributed by atoms with Crippen molar-refractivity contribution in [1.29, 1.82) is 0 Å². The molecule has 27 heavy (non-hydrogen) atoms. The van der Waals surface area contributed by atoms with Gasteiger partial charge in [0.1, 0.15) is 0 Å². The lowest BCUT2D eigenvalue weighted by molar-refractivity contribution is 0.0994. The normalized spacial score (nSPS) is 11.6. The Morgan fingerprint density at radius 1 is 0.926 bits per heavy atom. The molecule has 0 bridgehead atoms. The maximum atomic E-state index is 12.4. The molecule has 0 fully saturated rings. The van der Waals surface area contributed by atoms with Crippen molar-refractivity contribution in [2.75, 3.05) is 16.9 Å². The van der Waals surface area contributed by atoms with E-state index in [-0.39, 0.29) is 17.6 Å². The summed E-state index contributed by atoms with van der Waals surface area (Å²) in [5.74, 6) is 0.0267. The van der Waals surface area contributed by atoms with E-state index in [1.807, 2.05) is 6.07 Å². The van der Waals surface area contributed by atoms with Gasteiger partial charge in [-0.15, -0.1) is 0 Å². The van der Waals surface area contributed by atoms with Gasteiger partial charge in [-0.25, -0.2) is 0 Å². The Hall–Kier alpha value is -3.19. The van der Waals surface area contributed by atoms with Crippen LogP contribution >= 0.6 is 0 Å². The SMILES string of the molecule is CS(=O)Cc1cccc(C(=O)Nc2ccc(NC(=O)c3ccco3)cc2)c1. The highest BCUT2D eigenvalue weighted by Crippen LogP contribution is 2.16. The highest BCUT2D eigenvalue weighted by atomic mass is 32.2. The van der Waals surface area contributed by atoms with Gasteiger partial charge in [0.05, 0.1) is 6.26 Å². The van der Waals surface area contributed by atoms with Crippen molar-refractivity contribution in [3.8, 4) is 0 Å². The van der Waals surface area contributed by atoms with Gasteiger partial charge in [-0.05, 0) is 54.1 Å². The summed E-state index contributed by atoms with van der Waals surface area (Å²) in [5, 5.41) is 5.51. The number of rotatable bonds is 6. The number of carbonyl (C=O) groups is 2. The van der Waals surface area contributed by atoms with Crippen LogP contribution in [-0.4, -0.2) is 22.3 Å². The van der Waals surface area contributed by atoms with Crippen LogP contribution in [0, 0.1) is 0 Å². The molecule has 3 rings (SSSR count). The van der Waals surface area contributed by atoms with E-state index in [1.165, 1.54) is 6.26 Å². The Morgan fingerprint density at radius 3 is 2.19 bits per heavy atom. The first kappa shape index (κ1) is 18.6. The molecule has 6 nitrogen and oxygen atoms in total. The van der Waals surface area contributed by atoms with Crippen molar-refractivity contribution in [2.45, 2.75) is 5.75 Å². The summed E-state index contributed by atoms with van der Waals surface area (Å²) >= 11 is 0. The summed E-state index contributed by atoms with van der Waals surface area (Å²) in [6, 6.07) is 17.0. The maximum absolute atomic E-state index is 12.4. The van der Waals surface area contributed by atoms with E-state index in [2.05, 4.69) is 10.6 Å². The Morgan fingerprint density at radius 2 is 1.59 bits per heavy atom. The monoisotopic (exact) mass is 382 g/mol. The summed E-state index contributed by atoms with van der Waals surface area (Å²) in [5.41, 5.74) is 2.52. The molecule has 138 valence electrons. The minimum Gasteiger partial charge on any atom is -0.459 e. The zero-order chi connectivity index (χ0) is 19.2. The smallest absolute Gasteiger partial charge is 0.291 e. The Labute approximate surface area is 159 Å². The first-order chi connectivity index (χ1) is 13.0. The molecule has 1 atom stereocenters. The number of carbonyl (C=O) groups excluding carboxylic acids is 2. The lowest BCUT2D eigenvalue weighted by atomic mass is 10.1. The summed E-state index contributed by atoms with van der Waals surface area (Å²) in [6.07, 6.45) is 3.06. The van der Waals surface area contributed by atoms with Crippen LogP contribution in [0.3, 0.4) is 0 Å². The minimum absolute atomic E-state index is 0.222. The fourth-order valence-corrected chi connectivity index (χ4v) is 3.13. The molecule has 0 aliphatic carbocycles. The highest BCUT2D eigenvalue weighted by Gasteiger charge is 2.10. The quantitative estimate of drug-likeness (QED) is 0.681. The van der Waals surface area contributed by atoms with Gasteiger partial charge in [-0.3, -0.25) is 13.8 Å². The van der Waals surface area contributed by atoms with Gasteiger partial charge in [0.15, 0.2) is 5.76 Å². The van der Waals surface area contributed by atoms with Crippen molar-refractivity contribution in [1.82, 2.24) is 0 Å². The van der Waals surface area contributed by atoms with Crippen molar-refractivity contribution in [2.24, 2.45) is 0 Å². The maximum Gasteiger partial charge on any atom is 0.291 e. The predicted octanol–water partition coefficient (Wildman–Crippen LogP) is 3.66. The van der Waals surface area contributed by atoms with Gasteiger partial charge in [-0.2, -0.15) is 0 Å². The minimum atomic E-state index is -0.968. The molecule has 1 unspecified atom stereocenters. The van der Waals surface area contributed by atoms with Gasteiger partial charge in [0.25, 0.3) is 11.8 Å². The third-order valence-electron chi connectivity index (χ3n) is 3.70. The molecule has 1 aromatic heterocycles. The number of amides is 2. The van der Waals surface area contributed by atoms with Crippen LogP contribution in [0.25, 0.3) is 0 Å². The van der Waals surface area contributed by atoms with E-state index in [0.717, 1.165) is 5.56 Å². The van der Waals surface area contributed by atoms with Crippen LogP contribution < -0.4 is 10.6 Å². The largest absolute Gasteiger partial charge is 0.459 e. The second-order valence-corrected chi connectivity index (χ2v) is 7.32. The fraction of sp³-hybridized carbons (Fsp3) is 0.100. The molecule has 0 saturated carbocycles. The van der Waals surface area contributed by atoms with Crippen LogP contribution in [0.4, 0.5) is 11.4 Å². The zero-order valence-corrected chi connectivity index (χ0v) is 15.4. The molecule has 1 heterocycles. The third kappa shape index (κ3) is 5.15. The van der Waals surface area contributed by atoms with Crippen molar-refractivity contribution in [3.05, 3.63) is 83.8 Å². The van der Waals surface area contributed by atoms with Crippen molar-refractivity contribution < 1.29 is 18.2 Å². The number of anilines is 2. The molecule has 0 saturated heterocycles. The number of hydrogen-bond acceptors (Lipinski definition) is 4. The van der Waals surface area contributed by atoms with E-state index in [9.17, 15) is 13.8 Å². The van der Waals surface area contributed by atoms with Crippen LogP contribution in [0.2, 0.25) is 0 Å². The second-order valence-electron chi connectivity index (χ2n) is 5.88. The van der Waals surface area contributed by atoms with Gasteiger partial charge < -0.3 is 15.1 Å². The highest BCUT2D eigenvalue weighted by molar-refractivity contribution is 7.83. The standard InChI is InChI=1S/C20H18N2O4S/c1-27(25)13-14-4-2-5-15(12-14)19(23)21-16-7-9-17(10-8-16)22-20(24)18-6-3-11-26-18/h2-12H,13H2,1H3,(H,21,23)(H,22,24). The van der Waals surface area contributed by atoms with E-state index in [4.69, 9.17) is 4.42 Å². The molecular formula is C20H18N2O4S. The molecule has 2 amide bonds. The number of nitrogens with one attached hydrogen (secondary N) is 2. The third-order valence-corrected chi connectivity index (χ3v) is 4.44. The molecule has 3 aromatic rings. The number of furan rings is 1. The lowest BCUT2D eigenvalue weighted by Crippen LogP contribution is -2.13. The molecule has 0 aliphatic heterocycles. The Kier molecular flexibility index (Phi) is 5.83. The molecule has 2 aromatic carbocycles. The average molecular weight is 382 g/mol. The van der Waals surface area contributed by atoms with E-state index < -0.39 is 10.8 Å². The van der Waals surface area contributed by atoms with Crippen LogP contribution in [0.15, 0.2) is 71.3 Å². The molecule has 0 aliphatic rings. The summed E-state index contributed by atoms with van der Waals surface area (Å²) in [6.45, 7) is 0. The van der Waals surface area contributed by atoms with Gasteiger partial charge in [-0.1, -0.05) is 12.1 Å². The fourth-order valence-electron chi connectivity index (χ4n) is 2.48. The molecular weight excluding hydrogens is 364 g/mol. The van der Waals surface area contributed by atoms with Crippen LogP contribution in [0.5, 0.6) is 0 Å². The zero-order valence-electron chi connectivity index (χ0n) is 14.6. The Bertz CT molecular complexity index is 966. The predicted molar refractivity (Wildman–Crippen MR) is 105 cm³/mol. The van der Waals surface area contributed by atoms with E-state index in [1.54, 1.807) is 60.9 Å². The van der Waals surface area contributed by atoms with Gasteiger partial charge in [0.2, 0.25) is 0 Å². The van der Waals surface area contributed by atoms with Crippen LogP contribution in [0.1, 0.15) is 26.5 Å². The van der Waals surface area contributed by atoms with Gasteiger partial charge >= 0.3 is 0 Å². The average Bonchev–Trinajstić information content (AvgIpc) is 3.18. The van der Waals surface area contributed by atoms with Crippen molar-refractivity contribution in [3.63, 3.8) is 0 Å². The topological polar surface area (TPSA) is 88.4 Å². The molecule has 0 spiro atoms. The van der Waals surface area contributed by atoms with Crippen molar-refractivity contribution >= 4 is 34.0 Å². The first-order valence-corrected chi connectivity index (χ1v) is 9.89. The molecule has 0 radical (unpaired) electrons. The Balaban J connectivity index is 1.63. The summed E-state index contributed by atoms with van der Waals surface area (Å²) < 4.78 is 16.4. The summed E-state index contributed by atoms with van der Waals surface area (Å²) in [4.78, 5) is 24.3. The molecule has 2 N–H and O–H groups in total. The molecule has 7 heteroatoms. The van der Waals surface area contributed by atoms with Crippen LogP contribution in [-0.2, 0) is 16.6 Å². The summed E-state index contributed by atoms with van der Waals surface area (Å²) in [7, 11) is -0.968. The van der Waals surface area contributed by atoms with E-state index in [0.29, 0.717) is 22.7 Å².